The first kappa shape index (κ1) is 16.3. The molecule has 0 bridgehead atoms. The van der Waals surface area contributed by atoms with Crippen LogP contribution in [0.1, 0.15) is 27.3 Å². The molecule has 0 aliphatic rings. The van der Waals surface area contributed by atoms with E-state index in [0.29, 0.717) is 17.3 Å². The van der Waals surface area contributed by atoms with Crippen molar-refractivity contribution in [3.05, 3.63) is 94.3 Å². The van der Waals surface area contributed by atoms with Crippen molar-refractivity contribution in [2.45, 2.75) is 19.4 Å². The lowest BCUT2D eigenvalue weighted by Crippen LogP contribution is -2.12. The van der Waals surface area contributed by atoms with Crippen molar-refractivity contribution >= 4 is 17.6 Å². The average Bonchev–Trinajstić information content (AvgIpc) is 2.99. The maximum Gasteiger partial charge on any atom is 0.352 e. The Morgan fingerprint density at radius 3 is 2.25 bits per heavy atom. The SMILES string of the molecule is O=C(O)c1ccc(CCc2ccccc2)n1Cc1ccc(Cl)cc1. The molecule has 24 heavy (non-hydrogen) atoms. The van der Waals surface area contributed by atoms with Gasteiger partial charge in [-0.15, -0.1) is 0 Å². The Bertz CT molecular complexity index is 823. The van der Waals surface area contributed by atoms with Crippen LogP contribution in [-0.2, 0) is 19.4 Å². The van der Waals surface area contributed by atoms with Crippen molar-refractivity contribution in [1.82, 2.24) is 4.57 Å². The summed E-state index contributed by atoms with van der Waals surface area (Å²) in [6.07, 6.45) is 1.68. The number of aromatic nitrogens is 1. The second-order valence-electron chi connectivity index (χ2n) is 5.71. The van der Waals surface area contributed by atoms with Crippen LogP contribution in [0.5, 0.6) is 0 Å². The zero-order valence-electron chi connectivity index (χ0n) is 13.2. The summed E-state index contributed by atoms with van der Waals surface area (Å²) in [4.78, 5) is 11.5. The molecule has 3 rings (SSSR count). The second-order valence-corrected chi connectivity index (χ2v) is 6.15. The van der Waals surface area contributed by atoms with Gasteiger partial charge in [-0.25, -0.2) is 4.79 Å². The third-order valence-electron chi connectivity index (χ3n) is 4.06. The molecule has 0 spiro atoms. The molecule has 122 valence electrons. The van der Waals surface area contributed by atoms with E-state index in [2.05, 4.69) is 12.1 Å². The number of aryl methyl sites for hydroxylation is 2. The summed E-state index contributed by atoms with van der Waals surface area (Å²) in [5, 5.41) is 10.1. The van der Waals surface area contributed by atoms with Crippen LogP contribution in [0.25, 0.3) is 0 Å². The molecule has 0 radical (unpaired) electrons. The Hall–Kier alpha value is -2.52. The minimum absolute atomic E-state index is 0.313. The van der Waals surface area contributed by atoms with Crippen molar-refractivity contribution in [2.75, 3.05) is 0 Å². The molecular formula is C20H18ClNO2. The molecule has 0 aliphatic carbocycles. The fraction of sp³-hybridized carbons (Fsp3) is 0.150. The molecule has 1 N–H and O–H groups in total. The largest absolute Gasteiger partial charge is 0.477 e. The summed E-state index contributed by atoms with van der Waals surface area (Å²) in [5.74, 6) is -0.907. The van der Waals surface area contributed by atoms with E-state index in [4.69, 9.17) is 11.6 Å². The van der Waals surface area contributed by atoms with Gasteiger partial charge in [-0.3, -0.25) is 0 Å². The van der Waals surface area contributed by atoms with E-state index >= 15 is 0 Å². The first-order valence-corrected chi connectivity index (χ1v) is 8.21. The zero-order chi connectivity index (χ0) is 16.9. The number of aromatic carboxylic acids is 1. The predicted molar refractivity (Wildman–Crippen MR) is 95.8 cm³/mol. The van der Waals surface area contributed by atoms with Gasteiger partial charge in [0, 0.05) is 17.3 Å². The third kappa shape index (κ3) is 3.87. The lowest BCUT2D eigenvalue weighted by Gasteiger charge is -2.12. The summed E-state index contributed by atoms with van der Waals surface area (Å²) in [6, 6.07) is 21.3. The fourth-order valence-corrected chi connectivity index (χ4v) is 2.92. The Balaban J connectivity index is 1.83. The normalized spacial score (nSPS) is 10.7. The van der Waals surface area contributed by atoms with Crippen molar-refractivity contribution in [2.24, 2.45) is 0 Å². The number of nitrogens with zero attached hydrogens (tertiary/aromatic N) is 1. The molecule has 0 saturated carbocycles. The lowest BCUT2D eigenvalue weighted by atomic mass is 10.1. The van der Waals surface area contributed by atoms with Gasteiger partial charge in [-0.2, -0.15) is 0 Å². The minimum Gasteiger partial charge on any atom is -0.477 e. The molecule has 2 aromatic carbocycles. The summed E-state index contributed by atoms with van der Waals surface area (Å²) < 4.78 is 1.87. The quantitative estimate of drug-likeness (QED) is 0.709. The van der Waals surface area contributed by atoms with Crippen LogP contribution in [0.2, 0.25) is 5.02 Å². The van der Waals surface area contributed by atoms with Gasteiger partial charge in [0.15, 0.2) is 0 Å². The van der Waals surface area contributed by atoms with Crippen molar-refractivity contribution in [3.8, 4) is 0 Å². The van der Waals surface area contributed by atoms with Gasteiger partial charge in [0.1, 0.15) is 5.69 Å². The third-order valence-corrected chi connectivity index (χ3v) is 4.31. The molecule has 0 unspecified atom stereocenters. The lowest BCUT2D eigenvalue weighted by molar-refractivity contribution is 0.0685. The molecule has 0 amide bonds. The molecule has 0 saturated heterocycles. The zero-order valence-corrected chi connectivity index (χ0v) is 13.9. The van der Waals surface area contributed by atoms with Gasteiger partial charge < -0.3 is 9.67 Å². The Labute approximate surface area is 146 Å². The van der Waals surface area contributed by atoms with Crippen LogP contribution in [0.4, 0.5) is 0 Å². The van der Waals surface area contributed by atoms with Crippen molar-refractivity contribution in [1.29, 1.82) is 0 Å². The molecule has 3 nitrogen and oxygen atoms in total. The van der Waals surface area contributed by atoms with Gasteiger partial charge >= 0.3 is 5.97 Å². The summed E-state index contributed by atoms with van der Waals surface area (Å²) in [5.41, 5.74) is 3.60. The number of carboxylic acids is 1. The average molecular weight is 340 g/mol. The topological polar surface area (TPSA) is 42.2 Å². The smallest absolute Gasteiger partial charge is 0.352 e. The van der Waals surface area contributed by atoms with E-state index in [1.54, 1.807) is 6.07 Å². The van der Waals surface area contributed by atoms with E-state index in [1.807, 2.05) is 53.1 Å². The standard InChI is InChI=1S/C20H18ClNO2/c21-17-9-6-16(7-10-17)14-22-18(12-13-19(22)20(23)24)11-8-15-4-2-1-3-5-15/h1-7,9-10,12-13H,8,11,14H2,(H,23,24). The van der Waals surface area contributed by atoms with E-state index in [1.165, 1.54) is 5.56 Å². The molecule has 0 fully saturated rings. The van der Waals surface area contributed by atoms with Gasteiger partial charge in [0.05, 0.1) is 0 Å². The predicted octanol–water partition coefficient (Wildman–Crippen LogP) is 4.67. The number of rotatable bonds is 6. The molecular weight excluding hydrogens is 322 g/mol. The van der Waals surface area contributed by atoms with Gasteiger partial charge in [0.25, 0.3) is 0 Å². The highest BCUT2D eigenvalue weighted by Gasteiger charge is 2.14. The highest BCUT2D eigenvalue weighted by molar-refractivity contribution is 6.30. The molecule has 1 heterocycles. The maximum absolute atomic E-state index is 11.5. The van der Waals surface area contributed by atoms with Crippen LogP contribution in [0, 0.1) is 0 Å². The number of carbonyl (C=O) groups is 1. The summed E-state index contributed by atoms with van der Waals surface area (Å²) in [7, 11) is 0. The van der Waals surface area contributed by atoms with Crippen LogP contribution >= 0.6 is 11.6 Å². The number of halogens is 1. The number of carboxylic acid groups (broad SMARTS) is 1. The second kappa shape index (κ2) is 7.37. The van der Waals surface area contributed by atoms with E-state index in [-0.39, 0.29) is 0 Å². The fourth-order valence-electron chi connectivity index (χ4n) is 2.79. The van der Waals surface area contributed by atoms with Crippen LogP contribution < -0.4 is 0 Å². The maximum atomic E-state index is 11.5. The van der Waals surface area contributed by atoms with E-state index in [9.17, 15) is 9.90 Å². The molecule has 1 aromatic heterocycles. The van der Waals surface area contributed by atoms with Crippen LogP contribution in [-0.4, -0.2) is 15.6 Å². The van der Waals surface area contributed by atoms with Crippen LogP contribution in [0.15, 0.2) is 66.7 Å². The highest BCUT2D eigenvalue weighted by Crippen LogP contribution is 2.17. The van der Waals surface area contributed by atoms with Crippen molar-refractivity contribution < 1.29 is 9.90 Å². The number of benzene rings is 2. The number of hydrogen-bond acceptors (Lipinski definition) is 1. The first-order valence-electron chi connectivity index (χ1n) is 7.83. The van der Waals surface area contributed by atoms with Gasteiger partial charge in [-0.1, -0.05) is 54.1 Å². The minimum atomic E-state index is -0.907. The molecule has 0 aliphatic heterocycles. The van der Waals surface area contributed by atoms with Gasteiger partial charge in [0.2, 0.25) is 0 Å². The van der Waals surface area contributed by atoms with E-state index in [0.717, 1.165) is 24.1 Å². The Morgan fingerprint density at radius 1 is 0.875 bits per heavy atom. The summed E-state index contributed by atoms with van der Waals surface area (Å²) in [6.45, 7) is 0.524. The van der Waals surface area contributed by atoms with Gasteiger partial charge in [-0.05, 0) is 48.2 Å². The highest BCUT2D eigenvalue weighted by atomic mass is 35.5. The first-order chi connectivity index (χ1) is 11.6. The Kier molecular flexibility index (Phi) is 5.02. The Morgan fingerprint density at radius 2 is 1.58 bits per heavy atom. The molecule has 3 aromatic rings. The number of hydrogen-bond donors (Lipinski definition) is 1. The molecule has 0 atom stereocenters. The molecule has 4 heteroatoms. The van der Waals surface area contributed by atoms with E-state index < -0.39 is 5.97 Å². The monoisotopic (exact) mass is 339 g/mol. The van der Waals surface area contributed by atoms with Crippen LogP contribution in [0.3, 0.4) is 0 Å². The summed E-state index contributed by atoms with van der Waals surface area (Å²) >= 11 is 5.92. The van der Waals surface area contributed by atoms with Crippen molar-refractivity contribution in [3.63, 3.8) is 0 Å².